The van der Waals surface area contributed by atoms with E-state index in [4.69, 9.17) is 0 Å². The van der Waals surface area contributed by atoms with Crippen LogP contribution in [0.25, 0.3) is 16.9 Å². The Balaban J connectivity index is 1.77. The van der Waals surface area contributed by atoms with E-state index in [1.165, 1.54) is 24.3 Å². The number of non-ortho nitro benzene ring substituents is 1. The Morgan fingerprint density at radius 1 is 1.03 bits per heavy atom. The van der Waals surface area contributed by atoms with Gasteiger partial charge in [-0.15, -0.1) is 0 Å². The van der Waals surface area contributed by atoms with Gasteiger partial charge in [0.25, 0.3) is 11.3 Å². The number of nitrogens with zero attached hydrogens (tertiary/aromatic N) is 3. The number of ketones is 1. The molecule has 7 heteroatoms. The van der Waals surface area contributed by atoms with Gasteiger partial charge in [0.15, 0.2) is 12.2 Å². The van der Waals surface area contributed by atoms with Gasteiger partial charge in [-0.2, -0.15) is 0 Å². The number of aromatic nitrogens is 2. The van der Waals surface area contributed by atoms with Gasteiger partial charge in [-0.05, 0) is 55.0 Å². The quantitative estimate of drug-likeness (QED) is 0.190. The number of fused-ring (bicyclic) bond motifs is 1. The number of hydrogen-bond acceptors (Lipinski definition) is 3. The number of halogens is 1. The first-order chi connectivity index (χ1) is 13.9. The summed E-state index contributed by atoms with van der Waals surface area (Å²) >= 11 is 3.45. The van der Waals surface area contributed by atoms with Gasteiger partial charge in [-0.3, -0.25) is 14.9 Å². The Bertz CT molecular complexity index is 1230. The molecule has 29 heavy (non-hydrogen) atoms. The average Bonchev–Trinajstić information content (AvgIpc) is 3.06. The van der Waals surface area contributed by atoms with Crippen LogP contribution in [0.4, 0.5) is 5.69 Å². The van der Waals surface area contributed by atoms with Crippen LogP contribution in [0.1, 0.15) is 15.9 Å². The van der Waals surface area contributed by atoms with Crippen LogP contribution in [-0.2, 0) is 6.54 Å². The zero-order valence-electron chi connectivity index (χ0n) is 15.6. The molecule has 4 aromatic rings. The minimum absolute atomic E-state index is 0.0328. The molecule has 0 saturated carbocycles. The first-order valence-corrected chi connectivity index (χ1v) is 9.76. The summed E-state index contributed by atoms with van der Waals surface area (Å²) in [7, 11) is 0. The second-order valence-corrected chi connectivity index (χ2v) is 7.72. The summed E-state index contributed by atoms with van der Waals surface area (Å²) in [6.07, 6.45) is 4.03. The van der Waals surface area contributed by atoms with E-state index < -0.39 is 4.92 Å². The molecule has 0 aliphatic rings. The van der Waals surface area contributed by atoms with Gasteiger partial charge in [0.2, 0.25) is 5.78 Å². The zero-order chi connectivity index (χ0) is 20.5. The first-order valence-electron chi connectivity index (χ1n) is 8.97. The molecule has 0 N–H and O–H groups in total. The van der Waals surface area contributed by atoms with Crippen LogP contribution in [0.3, 0.4) is 0 Å². The molecule has 0 fully saturated rings. The van der Waals surface area contributed by atoms with Gasteiger partial charge < -0.3 is 0 Å². The fraction of sp³-hybridized carbons (Fsp3) is 0.0909. The minimum Gasteiger partial charge on any atom is -0.290 e. The van der Waals surface area contributed by atoms with Crippen LogP contribution in [0.5, 0.6) is 0 Å². The summed E-state index contributed by atoms with van der Waals surface area (Å²) in [5.74, 6) is -0.114. The Kier molecular flexibility index (Phi) is 4.98. The van der Waals surface area contributed by atoms with Gasteiger partial charge in [-0.25, -0.2) is 8.97 Å². The van der Waals surface area contributed by atoms with Crippen LogP contribution in [0.15, 0.2) is 77.5 Å². The number of carbonyl (C=O) groups excluding carboxylic acids is 1. The molecule has 0 aliphatic carbocycles. The van der Waals surface area contributed by atoms with Gasteiger partial charge in [-0.1, -0.05) is 15.9 Å². The Labute approximate surface area is 175 Å². The van der Waals surface area contributed by atoms with Crippen LogP contribution in [0, 0.1) is 17.0 Å². The van der Waals surface area contributed by atoms with Crippen molar-refractivity contribution in [2.75, 3.05) is 0 Å². The normalized spacial score (nSPS) is 11.0. The highest BCUT2D eigenvalue weighted by Crippen LogP contribution is 2.24. The third-order valence-electron chi connectivity index (χ3n) is 4.77. The maximum Gasteiger partial charge on any atom is 0.287 e. The number of Topliss-reactive ketones (excluding diaryl/α,β-unsaturated/α-hetero) is 1. The predicted molar refractivity (Wildman–Crippen MR) is 113 cm³/mol. The number of aryl methyl sites for hydroxylation is 1. The van der Waals surface area contributed by atoms with E-state index in [1.54, 1.807) is 0 Å². The van der Waals surface area contributed by atoms with E-state index in [9.17, 15) is 14.9 Å². The van der Waals surface area contributed by atoms with Crippen molar-refractivity contribution in [3.63, 3.8) is 0 Å². The lowest BCUT2D eigenvalue weighted by Crippen LogP contribution is -2.20. The Morgan fingerprint density at radius 3 is 2.38 bits per heavy atom. The van der Waals surface area contributed by atoms with Crippen molar-refractivity contribution < 1.29 is 14.1 Å². The molecule has 2 heterocycles. The molecule has 0 unspecified atom stereocenters. The molecule has 0 aliphatic heterocycles. The Hall–Kier alpha value is -3.32. The number of nitro groups is 1. The lowest BCUT2D eigenvalue weighted by Gasteiger charge is -2.04. The average molecular weight is 451 g/mol. The zero-order valence-corrected chi connectivity index (χ0v) is 17.2. The van der Waals surface area contributed by atoms with Gasteiger partial charge in [0.05, 0.1) is 11.1 Å². The molecular weight excluding hydrogens is 434 g/mol. The number of carbonyl (C=O) groups is 1. The van der Waals surface area contributed by atoms with Gasteiger partial charge in [0, 0.05) is 33.8 Å². The van der Waals surface area contributed by atoms with E-state index >= 15 is 0 Å². The first kappa shape index (κ1) is 19.0. The van der Waals surface area contributed by atoms with Crippen molar-refractivity contribution in [1.82, 2.24) is 4.57 Å². The molecule has 0 bridgehead atoms. The number of hydrogen-bond donors (Lipinski definition) is 0. The minimum atomic E-state index is -0.474. The van der Waals surface area contributed by atoms with E-state index in [0.29, 0.717) is 5.56 Å². The highest BCUT2D eigenvalue weighted by Gasteiger charge is 2.22. The highest BCUT2D eigenvalue weighted by atomic mass is 79.9. The maximum atomic E-state index is 12.9. The lowest BCUT2D eigenvalue weighted by atomic mass is 10.1. The SMILES string of the molecule is Cc1ccc2n(CC(=O)c3ccc([N+](=O)[O-])cc3)c(-c3ccc(Br)cc3)c[n+]2c1. The number of nitro benzene ring substituents is 1. The van der Waals surface area contributed by atoms with Crippen molar-refractivity contribution in [3.05, 3.63) is 98.8 Å². The second kappa shape index (κ2) is 7.60. The van der Waals surface area contributed by atoms with Gasteiger partial charge >= 0.3 is 0 Å². The van der Waals surface area contributed by atoms with Crippen LogP contribution >= 0.6 is 15.9 Å². The van der Waals surface area contributed by atoms with Crippen molar-refractivity contribution in [2.45, 2.75) is 13.5 Å². The van der Waals surface area contributed by atoms with Crippen molar-refractivity contribution in [3.8, 4) is 11.3 Å². The summed E-state index contributed by atoms with van der Waals surface area (Å²) in [5, 5.41) is 10.8. The fourth-order valence-corrected chi connectivity index (χ4v) is 3.56. The lowest BCUT2D eigenvalue weighted by molar-refractivity contribution is -0.510. The number of imidazole rings is 1. The molecule has 2 aromatic heterocycles. The highest BCUT2D eigenvalue weighted by molar-refractivity contribution is 9.10. The molecule has 0 radical (unpaired) electrons. The maximum absolute atomic E-state index is 12.9. The van der Waals surface area contributed by atoms with E-state index in [0.717, 1.165) is 26.9 Å². The summed E-state index contributed by atoms with van der Waals surface area (Å²) in [6.45, 7) is 2.15. The van der Waals surface area contributed by atoms with Crippen LogP contribution in [0.2, 0.25) is 0 Å². The molecule has 2 aromatic carbocycles. The molecule has 6 nitrogen and oxygen atoms in total. The van der Waals surface area contributed by atoms with E-state index in [-0.39, 0.29) is 18.0 Å². The van der Waals surface area contributed by atoms with Crippen molar-refractivity contribution in [1.29, 1.82) is 0 Å². The molecule has 0 spiro atoms. The van der Waals surface area contributed by atoms with Gasteiger partial charge in [0.1, 0.15) is 6.20 Å². The summed E-state index contributed by atoms with van der Waals surface area (Å²) in [5.41, 5.74) is 4.32. The van der Waals surface area contributed by atoms with Crippen LogP contribution < -0.4 is 4.40 Å². The second-order valence-electron chi connectivity index (χ2n) is 6.81. The number of pyridine rings is 1. The topological polar surface area (TPSA) is 69.2 Å². The third-order valence-corrected chi connectivity index (χ3v) is 5.30. The molecule has 4 rings (SSSR count). The fourth-order valence-electron chi connectivity index (χ4n) is 3.30. The largest absolute Gasteiger partial charge is 0.290 e. The van der Waals surface area contributed by atoms with E-state index in [1.807, 2.05) is 64.7 Å². The standard InChI is InChI=1S/C22H17BrN3O3/c1-15-2-11-22-24(12-15)13-20(16-3-7-18(23)8-4-16)25(22)14-21(27)17-5-9-19(10-6-17)26(28)29/h2-13H,14H2,1H3/q+1. The summed E-state index contributed by atoms with van der Waals surface area (Å²) in [4.78, 5) is 23.3. The summed E-state index contributed by atoms with van der Waals surface area (Å²) < 4.78 is 4.96. The Morgan fingerprint density at radius 2 is 1.72 bits per heavy atom. The third kappa shape index (κ3) is 3.82. The van der Waals surface area contributed by atoms with Crippen molar-refractivity contribution in [2.24, 2.45) is 0 Å². The van der Waals surface area contributed by atoms with Crippen molar-refractivity contribution >= 4 is 33.0 Å². The smallest absolute Gasteiger partial charge is 0.287 e. The molecule has 0 amide bonds. The van der Waals surface area contributed by atoms with E-state index in [2.05, 4.69) is 15.9 Å². The molecule has 144 valence electrons. The predicted octanol–water partition coefficient (Wildman–Crippen LogP) is 4.76. The van der Waals surface area contributed by atoms with Crippen LogP contribution in [-0.4, -0.2) is 15.3 Å². The molecule has 0 atom stereocenters. The summed E-state index contributed by atoms with van der Waals surface area (Å²) in [6, 6.07) is 17.6. The monoisotopic (exact) mass is 450 g/mol. The molecular formula is C22H17BrN3O3+. The number of benzene rings is 2. The molecule has 0 saturated heterocycles. The number of rotatable bonds is 5.